The molecule has 1 aromatic carbocycles. The van der Waals surface area contributed by atoms with Gasteiger partial charge in [0, 0.05) is 24.8 Å². The number of piperidine rings is 1. The Morgan fingerprint density at radius 1 is 1.31 bits per heavy atom. The second-order valence-electron chi connectivity index (χ2n) is 6.73. The van der Waals surface area contributed by atoms with Gasteiger partial charge in [0.15, 0.2) is 0 Å². The van der Waals surface area contributed by atoms with E-state index in [1.165, 1.54) is 10.8 Å². The molecule has 1 saturated heterocycles. The fraction of sp³-hybridized carbons (Fsp3) is 0.444. The molecule has 0 saturated carbocycles. The molecule has 1 aliphatic rings. The summed E-state index contributed by atoms with van der Waals surface area (Å²) in [4.78, 5) is 16.2. The first-order chi connectivity index (χ1) is 13.6. The Hall–Kier alpha value is -2.69. The molecule has 0 aliphatic carbocycles. The topological polar surface area (TPSA) is 78.6 Å². The predicted octanol–water partition coefficient (Wildman–Crippen LogP) is 3.51. The van der Waals surface area contributed by atoms with Gasteiger partial charge in [-0.2, -0.15) is 13.2 Å². The van der Waals surface area contributed by atoms with Gasteiger partial charge in [-0.05, 0) is 24.6 Å². The standard InChI is InChI=1S/C18H18F5N3O3/c19-13-2-1-10(7-12(13)18(21,22)23)15-9-25(5-6-27)16(24-15)11-3-4-26(17(28)29)8-14(11)20/h1-2,7,9,11,14,27H,3-6,8H2,(H,28,29)/t11-,14-/m1/s1. The highest BCUT2D eigenvalue weighted by Gasteiger charge is 2.36. The van der Waals surface area contributed by atoms with E-state index in [4.69, 9.17) is 5.11 Å². The van der Waals surface area contributed by atoms with Gasteiger partial charge in [0.25, 0.3) is 0 Å². The number of amides is 1. The fourth-order valence-electron chi connectivity index (χ4n) is 3.42. The lowest BCUT2D eigenvalue weighted by atomic mass is 9.94. The second-order valence-corrected chi connectivity index (χ2v) is 6.73. The van der Waals surface area contributed by atoms with Gasteiger partial charge in [-0.15, -0.1) is 0 Å². The van der Waals surface area contributed by atoms with Gasteiger partial charge in [0.2, 0.25) is 0 Å². The molecular weight excluding hydrogens is 401 g/mol. The highest BCUT2D eigenvalue weighted by molar-refractivity contribution is 5.65. The zero-order valence-corrected chi connectivity index (χ0v) is 15.0. The van der Waals surface area contributed by atoms with Gasteiger partial charge in [-0.25, -0.2) is 18.6 Å². The van der Waals surface area contributed by atoms with Crippen molar-refractivity contribution < 1.29 is 37.0 Å². The number of halogens is 5. The SMILES string of the molecule is O=C(O)N1CC[C@@H](c2nc(-c3ccc(F)c(C(F)(F)F)c3)cn2CCO)[C@H](F)C1. The summed E-state index contributed by atoms with van der Waals surface area (Å²) in [6.45, 7) is -0.556. The monoisotopic (exact) mass is 419 g/mol. The highest BCUT2D eigenvalue weighted by atomic mass is 19.4. The number of benzene rings is 1. The Morgan fingerprint density at radius 3 is 2.62 bits per heavy atom. The van der Waals surface area contributed by atoms with Crippen molar-refractivity contribution >= 4 is 6.09 Å². The van der Waals surface area contributed by atoms with E-state index in [1.54, 1.807) is 0 Å². The van der Waals surface area contributed by atoms with Crippen LogP contribution in [0.1, 0.15) is 23.7 Å². The molecule has 0 bridgehead atoms. The van der Waals surface area contributed by atoms with Crippen LogP contribution >= 0.6 is 0 Å². The van der Waals surface area contributed by atoms with E-state index in [2.05, 4.69) is 4.98 Å². The Labute approximate surface area is 162 Å². The van der Waals surface area contributed by atoms with Crippen LogP contribution in [0.3, 0.4) is 0 Å². The van der Waals surface area contributed by atoms with Crippen LogP contribution in [0.25, 0.3) is 11.3 Å². The Kier molecular flexibility index (Phi) is 5.78. The molecule has 1 aromatic heterocycles. The minimum absolute atomic E-state index is 0.00459. The number of carbonyl (C=O) groups is 1. The van der Waals surface area contributed by atoms with Gasteiger partial charge in [-0.1, -0.05) is 0 Å². The van der Waals surface area contributed by atoms with Crippen LogP contribution in [-0.2, 0) is 12.7 Å². The second kappa shape index (κ2) is 7.97. The number of nitrogens with zero attached hydrogens (tertiary/aromatic N) is 3. The van der Waals surface area contributed by atoms with Crippen LogP contribution in [0.15, 0.2) is 24.4 Å². The number of imidazole rings is 1. The number of aromatic nitrogens is 2. The Morgan fingerprint density at radius 2 is 2.03 bits per heavy atom. The summed E-state index contributed by atoms with van der Waals surface area (Å²) in [5.41, 5.74) is -1.37. The van der Waals surface area contributed by atoms with E-state index in [0.717, 1.165) is 11.0 Å². The third-order valence-corrected chi connectivity index (χ3v) is 4.86. The van der Waals surface area contributed by atoms with Crippen LogP contribution < -0.4 is 0 Å². The van der Waals surface area contributed by atoms with Crippen LogP contribution in [-0.4, -0.2) is 56.6 Å². The van der Waals surface area contributed by atoms with Crippen molar-refractivity contribution in [3.63, 3.8) is 0 Å². The molecule has 0 radical (unpaired) electrons. The van der Waals surface area contributed by atoms with Crippen molar-refractivity contribution in [3.05, 3.63) is 41.6 Å². The number of carboxylic acid groups (broad SMARTS) is 1. The van der Waals surface area contributed by atoms with E-state index in [1.807, 2.05) is 0 Å². The zero-order chi connectivity index (χ0) is 21.3. The average Bonchev–Trinajstić information content (AvgIpc) is 3.05. The first kappa shape index (κ1) is 21.0. The number of rotatable bonds is 4. The van der Waals surface area contributed by atoms with Crippen molar-refractivity contribution in [1.29, 1.82) is 0 Å². The summed E-state index contributed by atoms with van der Waals surface area (Å²) in [7, 11) is 0. The van der Waals surface area contributed by atoms with Crippen LogP contribution in [0.4, 0.5) is 26.7 Å². The minimum atomic E-state index is -4.88. The summed E-state index contributed by atoms with van der Waals surface area (Å²) in [6.07, 6.45) is -6.19. The van der Waals surface area contributed by atoms with Crippen LogP contribution in [0.2, 0.25) is 0 Å². The smallest absolute Gasteiger partial charge is 0.419 e. The highest BCUT2D eigenvalue weighted by Crippen LogP contribution is 2.36. The number of aliphatic hydroxyl groups is 1. The van der Waals surface area contributed by atoms with Crippen molar-refractivity contribution in [2.24, 2.45) is 0 Å². The maximum Gasteiger partial charge on any atom is 0.419 e. The molecule has 2 N–H and O–H groups in total. The maximum absolute atomic E-state index is 14.6. The Balaban J connectivity index is 1.97. The minimum Gasteiger partial charge on any atom is -0.465 e. The summed E-state index contributed by atoms with van der Waals surface area (Å²) < 4.78 is 68.6. The predicted molar refractivity (Wildman–Crippen MR) is 91.6 cm³/mol. The normalized spacial score (nSPS) is 20.1. The molecule has 2 aromatic rings. The molecule has 29 heavy (non-hydrogen) atoms. The molecule has 2 heterocycles. The van der Waals surface area contributed by atoms with Crippen molar-refractivity contribution in [2.75, 3.05) is 19.7 Å². The van der Waals surface area contributed by atoms with E-state index in [-0.39, 0.29) is 49.7 Å². The summed E-state index contributed by atoms with van der Waals surface area (Å²) in [6, 6.07) is 2.46. The summed E-state index contributed by atoms with van der Waals surface area (Å²) in [5.74, 6) is -2.00. The Bertz CT molecular complexity index is 899. The number of aliphatic hydroxyl groups excluding tert-OH is 1. The van der Waals surface area contributed by atoms with Crippen LogP contribution in [0.5, 0.6) is 0 Å². The summed E-state index contributed by atoms with van der Waals surface area (Å²) in [5, 5.41) is 18.3. The third kappa shape index (κ3) is 4.34. The van der Waals surface area contributed by atoms with E-state index < -0.39 is 35.7 Å². The van der Waals surface area contributed by atoms with E-state index in [9.17, 15) is 31.9 Å². The van der Waals surface area contributed by atoms with E-state index >= 15 is 0 Å². The molecule has 1 fully saturated rings. The van der Waals surface area contributed by atoms with Gasteiger partial charge in [-0.3, -0.25) is 0 Å². The fourth-order valence-corrected chi connectivity index (χ4v) is 3.42. The summed E-state index contributed by atoms with van der Waals surface area (Å²) >= 11 is 0. The van der Waals surface area contributed by atoms with E-state index in [0.29, 0.717) is 12.1 Å². The molecule has 1 amide bonds. The lowest BCUT2D eigenvalue weighted by molar-refractivity contribution is -0.139. The quantitative estimate of drug-likeness (QED) is 0.744. The molecule has 0 unspecified atom stereocenters. The molecule has 1 aliphatic heterocycles. The molecular formula is C18H18F5N3O3. The zero-order valence-electron chi connectivity index (χ0n) is 15.0. The third-order valence-electron chi connectivity index (χ3n) is 4.86. The first-order valence-electron chi connectivity index (χ1n) is 8.78. The first-order valence-corrected chi connectivity index (χ1v) is 8.78. The lowest BCUT2D eigenvalue weighted by Crippen LogP contribution is -2.44. The van der Waals surface area contributed by atoms with Gasteiger partial charge < -0.3 is 19.7 Å². The molecule has 0 spiro atoms. The number of hydrogen-bond acceptors (Lipinski definition) is 3. The maximum atomic E-state index is 14.6. The van der Waals surface area contributed by atoms with Crippen molar-refractivity contribution in [2.45, 2.75) is 31.2 Å². The molecule has 6 nitrogen and oxygen atoms in total. The lowest BCUT2D eigenvalue weighted by Gasteiger charge is -2.32. The molecule has 158 valence electrons. The van der Waals surface area contributed by atoms with Crippen LogP contribution in [0, 0.1) is 5.82 Å². The van der Waals surface area contributed by atoms with Crippen molar-refractivity contribution in [3.8, 4) is 11.3 Å². The average molecular weight is 419 g/mol. The van der Waals surface area contributed by atoms with Gasteiger partial charge in [0.1, 0.15) is 17.8 Å². The van der Waals surface area contributed by atoms with Gasteiger partial charge in [0.05, 0.1) is 30.3 Å². The largest absolute Gasteiger partial charge is 0.465 e. The molecule has 11 heteroatoms. The number of hydrogen-bond donors (Lipinski definition) is 2. The number of likely N-dealkylation sites (tertiary alicyclic amines) is 1. The molecule has 3 rings (SSSR count). The van der Waals surface area contributed by atoms with Crippen molar-refractivity contribution in [1.82, 2.24) is 14.5 Å². The molecule has 2 atom stereocenters. The van der Waals surface area contributed by atoms with Gasteiger partial charge >= 0.3 is 12.3 Å². The number of alkyl halides is 4.